The highest BCUT2D eigenvalue weighted by Crippen LogP contribution is 2.52. The quantitative estimate of drug-likeness (QED) is 0.822. The second-order valence-corrected chi connectivity index (χ2v) is 6.03. The van der Waals surface area contributed by atoms with Gasteiger partial charge in [-0.05, 0) is 31.9 Å². The van der Waals surface area contributed by atoms with Gasteiger partial charge < -0.3 is 5.11 Å². The first kappa shape index (κ1) is 14.6. The fraction of sp³-hybridized carbons (Fsp3) is 0.500. The zero-order valence-corrected chi connectivity index (χ0v) is 12.0. The first-order chi connectivity index (χ1) is 8.84. The van der Waals surface area contributed by atoms with Crippen LogP contribution in [0.4, 0.5) is 4.39 Å². The van der Waals surface area contributed by atoms with Crippen LogP contribution in [-0.2, 0) is 5.60 Å². The molecule has 0 amide bonds. The Labute approximate surface area is 121 Å². The molecule has 0 saturated heterocycles. The Hall–Kier alpha value is -0.820. The molecule has 1 fully saturated rings. The Morgan fingerprint density at radius 3 is 2.42 bits per heavy atom. The van der Waals surface area contributed by atoms with Crippen LogP contribution in [0.25, 0.3) is 0 Å². The third-order valence-electron chi connectivity index (χ3n) is 4.14. The number of nitriles is 1. The van der Waals surface area contributed by atoms with Gasteiger partial charge in [-0.2, -0.15) is 5.26 Å². The van der Waals surface area contributed by atoms with Gasteiger partial charge in [0, 0.05) is 10.6 Å². The number of hydrogen-bond acceptors (Lipinski definition) is 2. The number of nitrogens with zero attached hydrogens (tertiary/aromatic N) is 1. The Balaban J connectivity index is 2.56. The molecule has 2 rings (SSSR count). The largest absolute Gasteiger partial charge is 0.384 e. The maximum absolute atomic E-state index is 13.6. The van der Waals surface area contributed by atoms with Crippen molar-refractivity contribution in [3.05, 3.63) is 33.6 Å². The molecule has 1 atom stereocenters. The number of benzene rings is 1. The molecule has 0 aromatic heterocycles. The molecule has 19 heavy (non-hydrogen) atoms. The van der Waals surface area contributed by atoms with E-state index in [1.807, 2.05) is 0 Å². The van der Waals surface area contributed by atoms with E-state index in [0.29, 0.717) is 12.8 Å². The number of halogens is 3. The second-order valence-electron chi connectivity index (χ2n) is 5.22. The molecular weight excluding hydrogens is 288 g/mol. The minimum absolute atomic E-state index is 0.0954. The van der Waals surface area contributed by atoms with Crippen LogP contribution in [0.1, 0.15) is 38.2 Å². The molecule has 1 saturated carbocycles. The maximum atomic E-state index is 13.6. The lowest BCUT2D eigenvalue weighted by molar-refractivity contribution is -0.0423. The molecule has 0 heterocycles. The minimum Gasteiger partial charge on any atom is -0.384 e. The van der Waals surface area contributed by atoms with Gasteiger partial charge in [0.05, 0.1) is 16.5 Å². The highest BCUT2D eigenvalue weighted by atomic mass is 35.5. The van der Waals surface area contributed by atoms with Crippen molar-refractivity contribution in [2.75, 3.05) is 0 Å². The smallest absolute Gasteiger partial charge is 0.142 e. The summed E-state index contributed by atoms with van der Waals surface area (Å²) in [6, 6.07) is 4.61. The van der Waals surface area contributed by atoms with Crippen molar-refractivity contribution in [2.45, 2.75) is 38.2 Å². The molecule has 5 heteroatoms. The van der Waals surface area contributed by atoms with Crippen LogP contribution in [0.5, 0.6) is 0 Å². The Bertz CT molecular complexity index is 545. The van der Waals surface area contributed by atoms with Crippen LogP contribution < -0.4 is 0 Å². The lowest BCUT2D eigenvalue weighted by Gasteiger charge is -2.38. The number of aliphatic hydroxyl groups is 1. The van der Waals surface area contributed by atoms with E-state index in [4.69, 9.17) is 23.2 Å². The molecule has 1 unspecified atom stereocenters. The Morgan fingerprint density at radius 1 is 1.32 bits per heavy atom. The molecule has 0 bridgehead atoms. The summed E-state index contributed by atoms with van der Waals surface area (Å²) in [6.07, 6.45) is 2.91. The highest BCUT2D eigenvalue weighted by molar-refractivity contribution is 6.35. The van der Waals surface area contributed by atoms with Crippen molar-refractivity contribution in [3.8, 4) is 6.07 Å². The molecule has 1 aliphatic rings. The van der Waals surface area contributed by atoms with Gasteiger partial charge in [-0.25, -0.2) is 4.39 Å². The Kier molecular flexibility index (Phi) is 3.79. The minimum atomic E-state index is -1.50. The van der Waals surface area contributed by atoms with Gasteiger partial charge in [-0.1, -0.05) is 36.0 Å². The summed E-state index contributed by atoms with van der Waals surface area (Å²) < 4.78 is 13.6. The number of hydrogen-bond donors (Lipinski definition) is 1. The average Bonchev–Trinajstić information content (AvgIpc) is 2.84. The summed E-state index contributed by atoms with van der Waals surface area (Å²) in [5.74, 6) is -0.646. The van der Waals surface area contributed by atoms with Crippen molar-refractivity contribution in [1.82, 2.24) is 0 Å². The summed E-state index contributed by atoms with van der Waals surface area (Å²) in [5, 5.41) is 20.4. The van der Waals surface area contributed by atoms with Crippen molar-refractivity contribution < 1.29 is 9.50 Å². The van der Waals surface area contributed by atoms with Crippen LogP contribution in [0, 0.1) is 22.6 Å². The summed E-state index contributed by atoms with van der Waals surface area (Å²) in [5.41, 5.74) is -2.20. The lowest BCUT2D eigenvalue weighted by Crippen LogP contribution is -2.41. The van der Waals surface area contributed by atoms with Gasteiger partial charge >= 0.3 is 0 Å². The third kappa shape index (κ3) is 2.23. The van der Waals surface area contributed by atoms with Crippen LogP contribution in [0.2, 0.25) is 10.0 Å². The Morgan fingerprint density at radius 2 is 1.89 bits per heavy atom. The molecule has 0 aliphatic heterocycles. The fourth-order valence-electron chi connectivity index (χ4n) is 2.84. The van der Waals surface area contributed by atoms with Crippen molar-refractivity contribution >= 4 is 23.2 Å². The van der Waals surface area contributed by atoms with Gasteiger partial charge in [0.25, 0.3) is 0 Å². The van der Waals surface area contributed by atoms with E-state index in [-0.39, 0.29) is 15.6 Å². The highest BCUT2D eigenvalue weighted by Gasteiger charge is 2.51. The van der Waals surface area contributed by atoms with E-state index in [2.05, 4.69) is 6.07 Å². The van der Waals surface area contributed by atoms with Crippen LogP contribution >= 0.6 is 23.2 Å². The molecule has 1 N–H and O–H groups in total. The first-order valence-corrected chi connectivity index (χ1v) is 6.88. The summed E-state index contributed by atoms with van der Waals surface area (Å²) in [7, 11) is 0. The molecule has 1 aromatic rings. The van der Waals surface area contributed by atoms with Gasteiger partial charge in [-0.15, -0.1) is 0 Å². The molecule has 0 radical (unpaired) electrons. The molecule has 102 valence electrons. The molecule has 2 nitrogen and oxygen atoms in total. The van der Waals surface area contributed by atoms with E-state index in [0.717, 1.165) is 18.9 Å². The molecule has 1 aromatic carbocycles. The predicted octanol–water partition coefficient (Wildman–Crippen LogP) is 4.42. The average molecular weight is 302 g/mol. The van der Waals surface area contributed by atoms with E-state index < -0.39 is 16.8 Å². The van der Waals surface area contributed by atoms with E-state index >= 15 is 0 Å². The van der Waals surface area contributed by atoms with E-state index in [1.165, 1.54) is 13.0 Å². The zero-order chi connectivity index (χ0) is 14.3. The van der Waals surface area contributed by atoms with Crippen molar-refractivity contribution in [1.29, 1.82) is 5.26 Å². The predicted molar refractivity (Wildman–Crippen MR) is 72.5 cm³/mol. The maximum Gasteiger partial charge on any atom is 0.142 e. The molecule has 1 aliphatic carbocycles. The zero-order valence-electron chi connectivity index (χ0n) is 10.5. The van der Waals surface area contributed by atoms with Crippen LogP contribution in [0.3, 0.4) is 0 Å². The summed E-state index contributed by atoms with van der Waals surface area (Å²) in [6.45, 7) is 1.52. The monoisotopic (exact) mass is 301 g/mol. The summed E-state index contributed by atoms with van der Waals surface area (Å²) in [4.78, 5) is 0. The van der Waals surface area contributed by atoms with Crippen molar-refractivity contribution in [3.63, 3.8) is 0 Å². The SMILES string of the molecule is CC(O)(c1cc(F)c(Cl)cc1Cl)C1(C#N)CCCC1. The lowest BCUT2D eigenvalue weighted by atomic mass is 9.69. The normalized spacial score (nSPS) is 20.8. The third-order valence-corrected chi connectivity index (χ3v) is 4.74. The van der Waals surface area contributed by atoms with Gasteiger partial charge in [0.15, 0.2) is 0 Å². The van der Waals surface area contributed by atoms with Gasteiger partial charge in [0.1, 0.15) is 11.4 Å². The first-order valence-electron chi connectivity index (χ1n) is 6.13. The van der Waals surface area contributed by atoms with Crippen molar-refractivity contribution in [2.24, 2.45) is 5.41 Å². The van der Waals surface area contributed by atoms with E-state index in [1.54, 1.807) is 0 Å². The van der Waals surface area contributed by atoms with Gasteiger partial charge in [-0.3, -0.25) is 0 Å². The van der Waals surface area contributed by atoms with Crippen LogP contribution in [-0.4, -0.2) is 5.11 Å². The molecular formula is C14H14Cl2FNO. The topological polar surface area (TPSA) is 44.0 Å². The van der Waals surface area contributed by atoms with Crippen LogP contribution in [0.15, 0.2) is 12.1 Å². The fourth-order valence-corrected chi connectivity index (χ4v) is 3.41. The summed E-state index contributed by atoms with van der Waals surface area (Å²) >= 11 is 11.7. The van der Waals surface area contributed by atoms with E-state index in [9.17, 15) is 14.8 Å². The standard InChI is InChI=1S/C14H14Cl2FNO/c1-13(19,14(8-18)4-2-3-5-14)9-6-12(17)11(16)7-10(9)15/h6-7,19H,2-5H2,1H3. The van der Waals surface area contributed by atoms with Gasteiger partial charge in [0.2, 0.25) is 0 Å². The number of rotatable bonds is 2. The molecule has 0 spiro atoms. The second kappa shape index (κ2) is 4.94.